The van der Waals surface area contributed by atoms with Gasteiger partial charge in [0.05, 0.1) is 27.8 Å². The summed E-state index contributed by atoms with van der Waals surface area (Å²) in [5.41, 5.74) is 9.69. The van der Waals surface area contributed by atoms with Crippen molar-refractivity contribution in [1.82, 2.24) is 9.13 Å². The Balaban J connectivity index is 1.40. The highest BCUT2D eigenvalue weighted by molar-refractivity contribution is 6.22. The van der Waals surface area contributed by atoms with Crippen LogP contribution in [0.25, 0.3) is 87.7 Å². The van der Waals surface area contributed by atoms with Crippen LogP contribution in [0.2, 0.25) is 0 Å². The summed E-state index contributed by atoms with van der Waals surface area (Å²) in [5.74, 6) is 0. The minimum Gasteiger partial charge on any atom is -0.309 e. The Morgan fingerprint density at radius 2 is 0.913 bits per heavy atom. The van der Waals surface area contributed by atoms with Gasteiger partial charge in [-0.15, -0.1) is 0 Å². The molecule has 0 fully saturated rings. The van der Waals surface area contributed by atoms with Gasteiger partial charge in [-0.05, 0) is 64.2 Å². The second-order valence-corrected chi connectivity index (χ2v) is 12.1. The molecule has 0 atom stereocenters. The molecule has 0 radical (unpaired) electrons. The summed E-state index contributed by atoms with van der Waals surface area (Å²) in [7, 11) is 0. The third-order valence-electron chi connectivity index (χ3n) is 9.66. The van der Waals surface area contributed by atoms with Crippen LogP contribution in [0.3, 0.4) is 0 Å². The van der Waals surface area contributed by atoms with Gasteiger partial charge in [0.1, 0.15) is 0 Å². The molecule has 10 rings (SSSR count). The van der Waals surface area contributed by atoms with Gasteiger partial charge in [0, 0.05) is 38.2 Å². The monoisotopic (exact) mass is 584 g/mol. The zero-order chi connectivity index (χ0) is 30.2. The minimum absolute atomic E-state index is 1.17. The van der Waals surface area contributed by atoms with E-state index >= 15 is 0 Å². The number of aromatic nitrogens is 2. The Kier molecular flexibility index (Phi) is 5.31. The predicted octanol–water partition coefficient (Wildman–Crippen LogP) is 11.9. The lowest BCUT2D eigenvalue weighted by Crippen LogP contribution is -1.98. The summed E-state index contributed by atoms with van der Waals surface area (Å²) in [5, 5.41) is 10.0. The van der Waals surface area contributed by atoms with Crippen molar-refractivity contribution in [1.29, 1.82) is 0 Å². The molecule has 0 aliphatic rings. The molecule has 214 valence electrons. The highest BCUT2D eigenvalue weighted by Crippen LogP contribution is 2.45. The molecule has 0 amide bonds. The summed E-state index contributed by atoms with van der Waals surface area (Å²) in [4.78, 5) is 0. The second-order valence-electron chi connectivity index (χ2n) is 12.1. The van der Waals surface area contributed by atoms with Gasteiger partial charge in [-0.2, -0.15) is 0 Å². The molecule has 0 N–H and O–H groups in total. The molecule has 8 aromatic carbocycles. The van der Waals surface area contributed by atoms with Crippen LogP contribution in [0.5, 0.6) is 0 Å². The van der Waals surface area contributed by atoms with Crippen molar-refractivity contribution in [3.63, 3.8) is 0 Å². The Morgan fingerprint density at radius 1 is 0.326 bits per heavy atom. The van der Waals surface area contributed by atoms with Gasteiger partial charge in [0.2, 0.25) is 0 Å². The van der Waals surface area contributed by atoms with Crippen LogP contribution in [0.4, 0.5) is 0 Å². The van der Waals surface area contributed by atoms with Gasteiger partial charge < -0.3 is 9.13 Å². The fourth-order valence-corrected chi connectivity index (χ4v) is 7.72. The average Bonchev–Trinajstić information content (AvgIpc) is 3.63. The van der Waals surface area contributed by atoms with Crippen LogP contribution in [0.1, 0.15) is 0 Å². The fraction of sp³-hybridized carbons (Fsp3) is 0. The zero-order valence-electron chi connectivity index (χ0n) is 25.1. The molecule has 2 heterocycles. The molecule has 2 aromatic heterocycles. The van der Waals surface area contributed by atoms with E-state index in [0.717, 1.165) is 0 Å². The summed E-state index contributed by atoms with van der Waals surface area (Å²) >= 11 is 0. The maximum atomic E-state index is 2.51. The average molecular weight is 585 g/mol. The highest BCUT2D eigenvalue weighted by atomic mass is 15.0. The van der Waals surface area contributed by atoms with E-state index in [0.29, 0.717) is 0 Å². The fourth-order valence-electron chi connectivity index (χ4n) is 7.72. The summed E-state index contributed by atoms with van der Waals surface area (Å²) in [6.45, 7) is 0. The topological polar surface area (TPSA) is 9.86 Å². The zero-order valence-corrected chi connectivity index (χ0v) is 25.1. The van der Waals surface area contributed by atoms with Crippen molar-refractivity contribution in [2.75, 3.05) is 0 Å². The van der Waals surface area contributed by atoms with E-state index in [1.54, 1.807) is 0 Å². The van der Waals surface area contributed by atoms with E-state index in [1.165, 1.54) is 87.7 Å². The van der Waals surface area contributed by atoms with Crippen molar-refractivity contribution < 1.29 is 0 Å². The van der Waals surface area contributed by atoms with E-state index in [1.807, 2.05) is 0 Å². The minimum atomic E-state index is 1.17. The summed E-state index contributed by atoms with van der Waals surface area (Å²) < 4.78 is 4.92. The SMILES string of the molecule is c1ccc(-n2c3ccccc3c3ccc(-c4c5ccccc5cc5c6ccccc6n(-c6cccc7ccccc67)c45)cc32)cc1. The number of rotatable bonds is 3. The van der Waals surface area contributed by atoms with Crippen LogP contribution in [0, 0.1) is 0 Å². The van der Waals surface area contributed by atoms with Crippen LogP contribution in [-0.4, -0.2) is 9.13 Å². The molecule has 0 aliphatic heterocycles. The van der Waals surface area contributed by atoms with Gasteiger partial charge in [-0.25, -0.2) is 0 Å². The number of nitrogens with zero attached hydrogens (tertiary/aromatic N) is 2. The van der Waals surface area contributed by atoms with Gasteiger partial charge >= 0.3 is 0 Å². The Bertz CT molecular complexity index is 2790. The standard InChI is InChI=1S/C44H28N2/c1-2-16-32(17-3-1)45-40-22-10-8-20-35(40)37-26-25-31(28-42(37)45)43-34-19-7-5-14-30(34)27-38-36-21-9-11-23-41(36)46(44(38)43)39-24-12-15-29-13-4-6-18-33(29)39/h1-28H. The maximum Gasteiger partial charge on any atom is 0.0626 e. The van der Waals surface area contributed by atoms with E-state index < -0.39 is 0 Å². The largest absolute Gasteiger partial charge is 0.309 e. The first-order valence-electron chi connectivity index (χ1n) is 15.9. The van der Waals surface area contributed by atoms with Crippen LogP contribution >= 0.6 is 0 Å². The molecule has 0 aliphatic carbocycles. The molecule has 0 bridgehead atoms. The van der Waals surface area contributed by atoms with Crippen molar-refractivity contribution in [3.05, 3.63) is 170 Å². The maximum absolute atomic E-state index is 2.51. The number of benzene rings is 8. The normalized spacial score (nSPS) is 11.9. The van der Waals surface area contributed by atoms with Gasteiger partial charge in [-0.3, -0.25) is 0 Å². The first-order valence-corrected chi connectivity index (χ1v) is 15.9. The van der Waals surface area contributed by atoms with E-state index in [2.05, 4.69) is 179 Å². The quantitative estimate of drug-likeness (QED) is 0.195. The summed E-state index contributed by atoms with van der Waals surface area (Å²) in [6.07, 6.45) is 0. The first-order chi connectivity index (χ1) is 22.8. The first kappa shape index (κ1) is 25.2. The van der Waals surface area contributed by atoms with Crippen molar-refractivity contribution in [3.8, 4) is 22.5 Å². The number of hydrogen-bond acceptors (Lipinski definition) is 0. The molecule has 2 heteroatoms. The Hall–Kier alpha value is -6.12. The second kappa shape index (κ2) is 9.69. The molecule has 0 spiro atoms. The van der Waals surface area contributed by atoms with Gasteiger partial charge in [0.15, 0.2) is 0 Å². The van der Waals surface area contributed by atoms with Crippen LogP contribution < -0.4 is 0 Å². The lowest BCUT2D eigenvalue weighted by molar-refractivity contribution is 1.18. The number of fused-ring (bicyclic) bond motifs is 8. The predicted molar refractivity (Wildman–Crippen MR) is 196 cm³/mol. The smallest absolute Gasteiger partial charge is 0.0626 e. The Morgan fingerprint density at radius 3 is 1.72 bits per heavy atom. The molecular weight excluding hydrogens is 556 g/mol. The van der Waals surface area contributed by atoms with Gasteiger partial charge in [-0.1, -0.05) is 127 Å². The third-order valence-corrected chi connectivity index (χ3v) is 9.66. The Labute approximate surface area is 266 Å². The van der Waals surface area contributed by atoms with E-state index in [9.17, 15) is 0 Å². The van der Waals surface area contributed by atoms with Crippen molar-refractivity contribution in [2.24, 2.45) is 0 Å². The molecule has 0 unspecified atom stereocenters. The molecule has 0 saturated heterocycles. The van der Waals surface area contributed by atoms with Crippen LogP contribution in [0.15, 0.2) is 170 Å². The molecule has 0 saturated carbocycles. The molecule has 10 aromatic rings. The van der Waals surface area contributed by atoms with Crippen molar-refractivity contribution >= 4 is 65.2 Å². The van der Waals surface area contributed by atoms with Crippen LogP contribution in [-0.2, 0) is 0 Å². The lowest BCUT2D eigenvalue weighted by Gasteiger charge is -2.16. The summed E-state index contributed by atoms with van der Waals surface area (Å²) in [6, 6.07) is 62.0. The number of hydrogen-bond donors (Lipinski definition) is 0. The number of para-hydroxylation sites is 3. The van der Waals surface area contributed by atoms with Gasteiger partial charge in [0.25, 0.3) is 0 Å². The molecule has 46 heavy (non-hydrogen) atoms. The van der Waals surface area contributed by atoms with Crippen molar-refractivity contribution in [2.45, 2.75) is 0 Å². The lowest BCUT2D eigenvalue weighted by atomic mass is 9.94. The molecule has 2 nitrogen and oxygen atoms in total. The van der Waals surface area contributed by atoms with E-state index in [4.69, 9.17) is 0 Å². The van der Waals surface area contributed by atoms with E-state index in [-0.39, 0.29) is 0 Å². The molecular formula is C44H28N2. The highest BCUT2D eigenvalue weighted by Gasteiger charge is 2.21. The third kappa shape index (κ3) is 3.53.